The molecule has 5 heteroatoms. The van der Waals surface area contributed by atoms with Crippen molar-refractivity contribution in [2.45, 2.75) is 17.4 Å². The zero-order valence-corrected chi connectivity index (χ0v) is 12.8. The van der Waals surface area contributed by atoms with Crippen LogP contribution in [0.3, 0.4) is 0 Å². The molecule has 0 aliphatic heterocycles. The van der Waals surface area contributed by atoms with Crippen LogP contribution in [0.4, 0.5) is 0 Å². The van der Waals surface area contributed by atoms with E-state index in [-0.39, 0.29) is 5.78 Å². The predicted molar refractivity (Wildman–Crippen MR) is 84.8 cm³/mol. The summed E-state index contributed by atoms with van der Waals surface area (Å²) >= 11 is 1.28. The van der Waals surface area contributed by atoms with Gasteiger partial charge in [-0.05, 0) is 17.3 Å². The third kappa shape index (κ3) is 3.26. The highest BCUT2D eigenvalue weighted by Crippen LogP contribution is 2.36. The molecule has 3 rings (SSSR count). The lowest BCUT2D eigenvalue weighted by atomic mass is 10.0. The molecule has 0 bridgehead atoms. The molecule has 0 fully saturated rings. The second kappa shape index (κ2) is 6.58. The molecule has 0 saturated heterocycles. The van der Waals surface area contributed by atoms with Crippen molar-refractivity contribution < 1.29 is 9.21 Å². The first-order valence-electron chi connectivity index (χ1n) is 6.85. The third-order valence-corrected chi connectivity index (χ3v) is 4.21. The van der Waals surface area contributed by atoms with Crippen molar-refractivity contribution in [2.75, 3.05) is 0 Å². The molecule has 0 N–H and O–H groups in total. The van der Waals surface area contributed by atoms with Crippen LogP contribution in [-0.2, 0) is 0 Å². The van der Waals surface area contributed by atoms with Crippen LogP contribution < -0.4 is 0 Å². The molecular weight excluding hydrogens is 296 g/mol. The van der Waals surface area contributed by atoms with Crippen LogP contribution in [0.25, 0.3) is 0 Å². The highest BCUT2D eigenvalue weighted by molar-refractivity contribution is 8.00. The first-order valence-corrected chi connectivity index (χ1v) is 7.73. The van der Waals surface area contributed by atoms with Gasteiger partial charge < -0.3 is 4.42 Å². The molecule has 4 nitrogen and oxygen atoms in total. The summed E-state index contributed by atoms with van der Waals surface area (Å²) in [6.45, 7) is 1.73. The van der Waals surface area contributed by atoms with Crippen molar-refractivity contribution in [2.24, 2.45) is 0 Å². The van der Waals surface area contributed by atoms with E-state index in [2.05, 4.69) is 10.2 Å². The Balaban J connectivity index is 1.94. The Morgan fingerprint density at radius 2 is 1.64 bits per heavy atom. The minimum Gasteiger partial charge on any atom is -0.416 e. The Bertz CT molecular complexity index is 757. The van der Waals surface area contributed by atoms with Crippen LogP contribution in [0, 0.1) is 6.92 Å². The first kappa shape index (κ1) is 14.5. The molecule has 3 aromatic rings. The van der Waals surface area contributed by atoms with Gasteiger partial charge in [-0.15, -0.1) is 10.2 Å². The van der Waals surface area contributed by atoms with Crippen LogP contribution in [-0.4, -0.2) is 16.0 Å². The molecular formula is C17H14N2O2S. The molecule has 22 heavy (non-hydrogen) atoms. The topological polar surface area (TPSA) is 56.0 Å². The van der Waals surface area contributed by atoms with Crippen molar-refractivity contribution in [3.8, 4) is 0 Å². The number of Topliss-reactive ketones (excluding diaryl/α,β-unsaturated/α-hetero) is 1. The van der Waals surface area contributed by atoms with E-state index in [1.165, 1.54) is 11.8 Å². The molecule has 110 valence electrons. The Hall–Kier alpha value is -2.40. The number of ketones is 1. The molecule has 1 heterocycles. The summed E-state index contributed by atoms with van der Waals surface area (Å²) in [5.74, 6) is 0.508. The zero-order valence-electron chi connectivity index (χ0n) is 12.0. The fourth-order valence-corrected chi connectivity index (χ4v) is 3.08. The molecule has 0 amide bonds. The molecule has 1 unspecified atom stereocenters. The van der Waals surface area contributed by atoms with E-state index >= 15 is 0 Å². The number of thioether (sulfide) groups is 1. The predicted octanol–water partition coefficient (Wildman–Crippen LogP) is 4.09. The van der Waals surface area contributed by atoms with Crippen LogP contribution in [0.5, 0.6) is 0 Å². The molecule has 1 aromatic heterocycles. The number of benzene rings is 2. The fraction of sp³-hybridized carbons (Fsp3) is 0.118. The van der Waals surface area contributed by atoms with E-state index in [0.29, 0.717) is 16.7 Å². The summed E-state index contributed by atoms with van der Waals surface area (Å²) in [5.41, 5.74) is 1.58. The van der Waals surface area contributed by atoms with Gasteiger partial charge in [-0.2, -0.15) is 0 Å². The summed E-state index contributed by atoms with van der Waals surface area (Å²) in [6.07, 6.45) is 0. The maximum absolute atomic E-state index is 12.8. The highest BCUT2D eigenvalue weighted by Gasteiger charge is 2.25. The minimum absolute atomic E-state index is 0.0210. The van der Waals surface area contributed by atoms with Crippen molar-refractivity contribution >= 4 is 17.5 Å². The van der Waals surface area contributed by atoms with Crippen LogP contribution in [0.2, 0.25) is 0 Å². The number of nitrogens with zero attached hydrogens (tertiary/aromatic N) is 2. The molecule has 0 radical (unpaired) electrons. The minimum atomic E-state index is -0.413. The van der Waals surface area contributed by atoms with Gasteiger partial charge in [-0.1, -0.05) is 60.7 Å². The van der Waals surface area contributed by atoms with E-state index in [0.717, 1.165) is 5.56 Å². The monoisotopic (exact) mass is 310 g/mol. The number of carbonyl (C=O) groups is 1. The van der Waals surface area contributed by atoms with Crippen molar-refractivity contribution in [3.63, 3.8) is 0 Å². The Labute approximate surface area is 132 Å². The molecule has 1 atom stereocenters. The lowest BCUT2D eigenvalue weighted by molar-refractivity contribution is 0.0989. The lowest BCUT2D eigenvalue weighted by Crippen LogP contribution is -2.10. The number of hydrogen-bond acceptors (Lipinski definition) is 5. The van der Waals surface area contributed by atoms with Crippen LogP contribution in [0.1, 0.15) is 27.1 Å². The van der Waals surface area contributed by atoms with E-state index in [9.17, 15) is 4.79 Å². The average Bonchev–Trinajstić information content (AvgIpc) is 2.99. The van der Waals surface area contributed by atoms with Gasteiger partial charge in [0, 0.05) is 12.5 Å². The van der Waals surface area contributed by atoms with Crippen LogP contribution >= 0.6 is 11.8 Å². The second-order valence-corrected chi connectivity index (χ2v) is 5.78. The van der Waals surface area contributed by atoms with Crippen molar-refractivity contribution in [1.29, 1.82) is 0 Å². The number of aryl methyl sites for hydroxylation is 1. The Morgan fingerprint density at radius 1 is 1.00 bits per heavy atom. The average molecular weight is 310 g/mol. The fourth-order valence-electron chi connectivity index (χ4n) is 2.08. The summed E-state index contributed by atoms with van der Waals surface area (Å²) < 4.78 is 5.41. The number of aromatic nitrogens is 2. The van der Waals surface area contributed by atoms with E-state index in [1.54, 1.807) is 6.92 Å². The van der Waals surface area contributed by atoms with Crippen molar-refractivity contribution in [1.82, 2.24) is 10.2 Å². The van der Waals surface area contributed by atoms with E-state index in [1.807, 2.05) is 60.7 Å². The number of carbonyl (C=O) groups excluding carboxylic acids is 1. The zero-order chi connectivity index (χ0) is 15.4. The molecule has 0 aliphatic carbocycles. The number of rotatable bonds is 5. The SMILES string of the molecule is Cc1nnc(SC(C(=O)c2ccccc2)c2ccccc2)o1. The summed E-state index contributed by atoms with van der Waals surface area (Å²) in [6, 6.07) is 18.9. The molecule has 2 aromatic carbocycles. The lowest BCUT2D eigenvalue weighted by Gasteiger charge is -2.13. The van der Waals surface area contributed by atoms with Gasteiger partial charge in [-0.3, -0.25) is 4.79 Å². The highest BCUT2D eigenvalue weighted by atomic mass is 32.2. The maximum atomic E-state index is 12.8. The number of hydrogen-bond donors (Lipinski definition) is 0. The largest absolute Gasteiger partial charge is 0.416 e. The first-order chi connectivity index (χ1) is 10.7. The van der Waals surface area contributed by atoms with Gasteiger partial charge in [0.05, 0.1) is 0 Å². The summed E-state index contributed by atoms with van der Waals surface area (Å²) in [4.78, 5) is 12.8. The smallest absolute Gasteiger partial charge is 0.277 e. The van der Waals surface area contributed by atoms with E-state index in [4.69, 9.17) is 4.42 Å². The van der Waals surface area contributed by atoms with Gasteiger partial charge in [0.1, 0.15) is 5.25 Å². The molecule has 0 saturated carbocycles. The maximum Gasteiger partial charge on any atom is 0.277 e. The van der Waals surface area contributed by atoms with Gasteiger partial charge in [0.25, 0.3) is 5.22 Å². The van der Waals surface area contributed by atoms with Gasteiger partial charge in [0.15, 0.2) is 5.78 Å². The van der Waals surface area contributed by atoms with Gasteiger partial charge in [0.2, 0.25) is 5.89 Å². The normalized spacial score (nSPS) is 12.0. The standard InChI is InChI=1S/C17H14N2O2S/c1-12-18-19-17(21-12)22-16(14-10-6-3-7-11-14)15(20)13-8-4-2-5-9-13/h2-11,16H,1H3. The third-order valence-electron chi connectivity index (χ3n) is 3.12. The Morgan fingerprint density at radius 3 is 2.23 bits per heavy atom. The summed E-state index contributed by atoms with van der Waals surface area (Å²) in [5, 5.41) is 7.78. The second-order valence-electron chi connectivity index (χ2n) is 4.73. The molecule has 0 spiro atoms. The quantitative estimate of drug-likeness (QED) is 0.524. The molecule has 0 aliphatic rings. The van der Waals surface area contributed by atoms with Crippen molar-refractivity contribution in [3.05, 3.63) is 77.7 Å². The summed E-state index contributed by atoms with van der Waals surface area (Å²) in [7, 11) is 0. The van der Waals surface area contributed by atoms with Gasteiger partial charge in [-0.25, -0.2) is 0 Å². The van der Waals surface area contributed by atoms with E-state index < -0.39 is 5.25 Å². The van der Waals surface area contributed by atoms with Gasteiger partial charge >= 0.3 is 0 Å². The Kier molecular flexibility index (Phi) is 4.34. The van der Waals surface area contributed by atoms with Crippen LogP contribution in [0.15, 0.2) is 70.3 Å².